The van der Waals surface area contributed by atoms with Gasteiger partial charge in [-0.1, -0.05) is 13.0 Å². The number of anilines is 1. The first-order valence-electron chi connectivity index (χ1n) is 7.30. The summed E-state index contributed by atoms with van der Waals surface area (Å²) in [6, 6.07) is 9.39. The number of nitrogens with one attached hydrogen (secondary N) is 1. The van der Waals surface area contributed by atoms with E-state index in [0.717, 1.165) is 23.6 Å². The summed E-state index contributed by atoms with van der Waals surface area (Å²) < 4.78 is 19.8. The Labute approximate surface area is 125 Å². The Kier molecular flexibility index (Phi) is 5.02. The van der Waals surface area contributed by atoms with Gasteiger partial charge in [0.15, 0.2) is 0 Å². The van der Waals surface area contributed by atoms with Gasteiger partial charge in [0.2, 0.25) is 0 Å². The number of rotatable bonds is 6. The molecule has 2 rings (SSSR count). The van der Waals surface area contributed by atoms with Crippen molar-refractivity contribution in [3.63, 3.8) is 0 Å². The fourth-order valence-corrected chi connectivity index (χ4v) is 2.42. The van der Waals surface area contributed by atoms with Gasteiger partial charge in [-0.2, -0.15) is 0 Å². The summed E-state index contributed by atoms with van der Waals surface area (Å²) in [7, 11) is 1.86. The molecule has 3 nitrogen and oxygen atoms in total. The second-order valence-corrected chi connectivity index (χ2v) is 5.36. The van der Waals surface area contributed by atoms with Crippen LogP contribution < -0.4 is 10.2 Å². The Morgan fingerprint density at radius 3 is 2.62 bits per heavy atom. The van der Waals surface area contributed by atoms with Gasteiger partial charge >= 0.3 is 0 Å². The minimum Gasteiger partial charge on any atom is -0.464 e. The molecule has 1 atom stereocenters. The highest BCUT2D eigenvalue weighted by Crippen LogP contribution is 2.24. The predicted octanol–water partition coefficient (Wildman–Crippen LogP) is 4.03. The monoisotopic (exact) mass is 290 g/mol. The van der Waals surface area contributed by atoms with Crippen molar-refractivity contribution in [1.82, 2.24) is 5.32 Å². The molecule has 0 spiro atoms. The molecule has 0 aliphatic heterocycles. The van der Waals surface area contributed by atoms with Crippen LogP contribution in [0.4, 0.5) is 10.1 Å². The van der Waals surface area contributed by atoms with Crippen LogP contribution in [0.3, 0.4) is 0 Å². The zero-order valence-electron chi connectivity index (χ0n) is 13.1. The van der Waals surface area contributed by atoms with Crippen LogP contribution in [0.2, 0.25) is 0 Å². The molecule has 0 saturated carbocycles. The van der Waals surface area contributed by atoms with Crippen molar-refractivity contribution < 1.29 is 8.81 Å². The van der Waals surface area contributed by atoms with Crippen molar-refractivity contribution >= 4 is 5.69 Å². The molecular weight excluding hydrogens is 267 g/mol. The summed E-state index contributed by atoms with van der Waals surface area (Å²) in [5.74, 6) is 1.50. The molecule has 1 unspecified atom stereocenters. The topological polar surface area (TPSA) is 28.4 Å². The van der Waals surface area contributed by atoms with Crippen LogP contribution in [0.25, 0.3) is 0 Å². The normalized spacial score (nSPS) is 12.4. The van der Waals surface area contributed by atoms with Gasteiger partial charge < -0.3 is 14.6 Å². The van der Waals surface area contributed by atoms with E-state index in [9.17, 15) is 4.39 Å². The lowest BCUT2D eigenvalue weighted by atomic mass is 10.1. The van der Waals surface area contributed by atoms with Crippen LogP contribution in [0.1, 0.15) is 37.0 Å². The van der Waals surface area contributed by atoms with Crippen molar-refractivity contribution in [3.05, 3.63) is 53.2 Å². The fourth-order valence-electron chi connectivity index (χ4n) is 2.42. The van der Waals surface area contributed by atoms with Gasteiger partial charge in [0.1, 0.15) is 17.3 Å². The molecule has 2 aromatic rings. The standard InChI is InChI=1S/C17H23FN2O/c1-5-19-13(3)14-7-9-17(16(18)10-14)20(4)11-15-8-6-12(2)21-15/h6-10,13,19H,5,11H2,1-4H3. The number of hydrogen-bond donors (Lipinski definition) is 1. The first-order valence-corrected chi connectivity index (χ1v) is 7.30. The third-order valence-electron chi connectivity index (χ3n) is 3.58. The molecule has 1 aromatic heterocycles. The summed E-state index contributed by atoms with van der Waals surface area (Å²) in [4.78, 5) is 1.86. The number of benzene rings is 1. The maximum Gasteiger partial charge on any atom is 0.146 e. The van der Waals surface area contributed by atoms with E-state index in [2.05, 4.69) is 5.32 Å². The van der Waals surface area contributed by atoms with Crippen LogP contribution in [0, 0.1) is 12.7 Å². The summed E-state index contributed by atoms with van der Waals surface area (Å²) in [5, 5.41) is 3.28. The minimum absolute atomic E-state index is 0.150. The van der Waals surface area contributed by atoms with Crippen molar-refractivity contribution in [1.29, 1.82) is 0 Å². The van der Waals surface area contributed by atoms with Gasteiger partial charge in [-0.3, -0.25) is 0 Å². The average Bonchev–Trinajstić information content (AvgIpc) is 2.84. The lowest BCUT2D eigenvalue weighted by Gasteiger charge is -2.20. The Balaban J connectivity index is 2.12. The summed E-state index contributed by atoms with van der Waals surface area (Å²) in [6.07, 6.45) is 0. The SMILES string of the molecule is CCNC(C)c1ccc(N(C)Cc2ccc(C)o2)c(F)c1. The van der Waals surface area contributed by atoms with Gasteiger partial charge in [0.25, 0.3) is 0 Å². The molecule has 0 amide bonds. The van der Waals surface area contributed by atoms with E-state index in [-0.39, 0.29) is 11.9 Å². The van der Waals surface area contributed by atoms with E-state index in [1.807, 2.05) is 57.0 Å². The molecule has 1 N–H and O–H groups in total. The Morgan fingerprint density at radius 1 is 1.29 bits per heavy atom. The molecule has 0 radical (unpaired) electrons. The lowest BCUT2D eigenvalue weighted by Crippen LogP contribution is -2.20. The zero-order chi connectivity index (χ0) is 15.4. The van der Waals surface area contributed by atoms with E-state index < -0.39 is 0 Å². The molecule has 0 bridgehead atoms. The highest BCUT2D eigenvalue weighted by molar-refractivity contribution is 5.49. The number of nitrogens with zero attached hydrogens (tertiary/aromatic N) is 1. The molecular formula is C17H23FN2O. The molecule has 1 heterocycles. The fraction of sp³-hybridized carbons (Fsp3) is 0.412. The summed E-state index contributed by atoms with van der Waals surface area (Å²) in [6.45, 7) is 7.39. The third kappa shape index (κ3) is 3.85. The maximum absolute atomic E-state index is 14.3. The number of furan rings is 1. The largest absolute Gasteiger partial charge is 0.464 e. The molecule has 21 heavy (non-hydrogen) atoms. The van der Waals surface area contributed by atoms with Crippen molar-refractivity contribution in [2.45, 2.75) is 33.4 Å². The van der Waals surface area contributed by atoms with Crippen molar-refractivity contribution in [3.8, 4) is 0 Å². The van der Waals surface area contributed by atoms with Crippen LogP contribution >= 0.6 is 0 Å². The highest BCUT2D eigenvalue weighted by Gasteiger charge is 2.12. The van der Waals surface area contributed by atoms with Gasteiger partial charge in [0, 0.05) is 13.1 Å². The average molecular weight is 290 g/mol. The third-order valence-corrected chi connectivity index (χ3v) is 3.58. The van der Waals surface area contributed by atoms with Gasteiger partial charge in [0.05, 0.1) is 12.2 Å². The van der Waals surface area contributed by atoms with Crippen LogP contribution in [-0.4, -0.2) is 13.6 Å². The van der Waals surface area contributed by atoms with E-state index in [4.69, 9.17) is 4.42 Å². The molecule has 0 fully saturated rings. The predicted molar refractivity (Wildman–Crippen MR) is 84.0 cm³/mol. The molecule has 114 valence electrons. The molecule has 0 saturated heterocycles. The summed E-state index contributed by atoms with van der Waals surface area (Å²) in [5.41, 5.74) is 1.54. The number of halogens is 1. The lowest BCUT2D eigenvalue weighted by molar-refractivity contribution is 0.480. The molecule has 4 heteroatoms. The molecule has 0 aliphatic rings. The van der Waals surface area contributed by atoms with Crippen LogP contribution in [0.15, 0.2) is 34.7 Å². The second-order valence-electron chi connectivity index (χ2n) is 5.36. The quantitative estimate of drug-likeness (QED) is 0.870. The second kappa shape index (κ2) is 6.76. The van der Waals surface area contributed by atoms with Gasteiger partial charge in [-0.15, -0.1) is 0 Å². The van der Waals surface area contributed by atoms with E-state index in [1.54, 1.807) is 6.07 Å². The molecule has 1 aromatic carbocycles. The first-order chi connectivity index (χ1) is 10.0. The van der Waals surface area contributed by atoms with Crippen molar-refractivity contribution in [2.24, 2.45) is 0 Å². The van der Waals surface area contributed by atoms with Crippen LogP contribution in [0.5, 0.6) is 0 Å². The summed E-state index contributed by atoms with van der Waals surface area (Å²) >= 11 is 0. The van der Waals surface area contributed by atoms with Gasteiger partial charge in [-0.25, -0.2) is 4.39 Å². The van der Waals surface area contributed by atoms with E-state index in [0.29, 0.717) is 12.2 Å². The van der Waals surface area contributed by atoms with Gasteiger partial charge in [-0.05, 0) is 50.2 Å². The molecule has 0 aliphatic carbocycles. The number of aryl methyl sites for hydroxylation is 1. The number of hydrogen-bond acceptors (Lipinski definition) is 3. The minimum atomic E-state index is -0.206. The highest BCUT2D eigenvalue weighted by atomic mass is 19.1. The van der Waals surface area contributed by atoms with Crippen LogP contribution in [-0.2, 0) is 6.54 Å². The maximum atomic E-state index is 14.3. The Morgan fingerprint density at radius 2 is 2.05 bits per heavy atom. The Bertz CT molecular complexity index is 594. The van der Waals surface area contributed by atoms with E-state index >= 15 is 0 Å². The first kappa shape index (κ1) is 15.6. The van der Waals surface area contributed by atoms with E-state index in [1.165, 1.54) is 0 Å². The smallest absolute Gasteiger partial charge is 0.146 e. The zero-order valence-corrected chi connectivity index (χ0v) is 13.1. The van der Waals surface area contributed by atoms with Crippen molar-refractivity contribution in [2.75, 3.05) is 18.5 Å². The Hall–Kier alpha value is -1.81.